The van der Waals surface area contributed by atoms with Crippen LogP contribution in [-0.4, -0.2) is 22.0 Å². The van der Waals surface area contributed by atoms with Crippen molar-refractivity contribution in [3.63, 3.8) is 0 Å². The Morgan fingerprint density at radius 2 is 1.90 bits per heavy atom. The summed E-state index contributed by atoms with van der Waals surface area (Å²) < 4.78 is 0. The van der Waals surface area contributed by atoms with Crippen LogP contribution in [0, 0.1) is 0 Å². The summed E-state index contributed by atoms with van der Waals surface area (Å²) in [6.45, 7) is 0. The van der Waals surface area contributed by atoms with Crippen LogP contribution in [0.25, 0.3) is 0 Å². The molecule has 2 heterocycles. The minimum atomic E-state index is -0.980. The van der Waals surface area contributed by atoms with Crippen LogP contribution in [0.2, 0.25) is 0 Å². The average Bonchev–Trinajstić information content (AvgIpc) is 2.47. The molecular weight excluding hydrogens is 258 g/mol. The zero-order chi connectivity index (χ0) is 14.1. The van der Waals surface area contributed by atoms with Crippen LogP contribution in [0.1, 0.15) is 32.4 Å². The number of hydrogen-bond acceptors (Lipinski definition) is 4. The maximum Gasteiger partial charge on any atom is 0.335 e. The van der Waals surface area contributed by atoms with Gasteiger partial charge in [0.1, 0.15) is 6.17 Å². The third-order valence-electron chi connectivity index (χ3n) is 3.13. The Kier molecular flexibility index (Phi) is 2.83. The highest BCUT2D eigenvalue weighted by Gasteiger charge is 2.24. The first kappa shape index (κ1) is 12.2. The Bertz CT molecular complexity index is 682. The number of carboxylic acid groups (broad SMARTS) is 1. The van der Waals surface area contributed by atoms with Gasteiger partial charge in [0.25, 0.3) is 5.91 Å². The largest absolute Gasteiger partial charge is 0.478 e. The number of benzene rings is 1. The fraction of sp³-hybridized carbons (Fsp3) is 0.0714. The van der Waals surface area contributed by atoms with Crippen molar-refractivity contribution in [3.8, 4) is 0 Å². The van der Waals surface area contributed by atoms with Crippen LogP contribution < -0.4 is 10.6 Å². The summed E-state index contributed by atoms with van der Waals surface area (Å²) in [5.74, 6) is -1.17. The van der Waals surface area contributed by atoms with Gasteiger partial charge in [0.05, 0.1) is 23.0 Å². The number of carbonyl (C=O) groups is 2. The highest BCUT2D eigenvalue weighted by molar-refractivity contribution is 6.01. The minimum absolute atomic E-state index is 0.187. The highest BCUT2D eigenvalue weighted by Crippen LogP contribution is 2.25. The van der Waals surface area contributed by atoms with Crippen LogP contribution in [0.4, 0.5) is 5.69 Å². The lowest BCUT2D eigenvalue weighted by Gasteiger charge is -2.27. The Hall–Kier alpha value is -2.89. The summed E-state index contributed by atoms with van der Waals surface area (Å²) in [5, 5.41) is 14.8. The maximum atomic E-state index is 12.0. The van der Waals surface area contributed by atoms with Gasteiger partial charge in [0.15, 0.2) is 0 Å². The third kappa shape index (κ3) is 2.07. The Balaban J connectivity index is 1.90. The molecule has 1 atom stereocenters. The molecule has 0 saturated heterocycles. The van der Waals surface area contributed by atoms with E-state index in [-0.39, 0.29) is 11.5 Å². The van der Waals surface area contributed by atoms with Crippen molar-refractivity contribution in [1.29, 1.82) is 0 Å². The summed E-state index contributed by atoms with van der Waals surface area (Å²) in [6.07, 6.45) is 2.75. The van der Waals surface area contributed by atoms with Gasteiger partial charge in [-0.3, -0.25) is 9.78 Å². The SMILES string of the molecule is O=C(O)c1ccc(C2NC(=O)c3ccncc3N2)cc1. The molecule has 100 valence electrons. The van der Waals surface area contributed by atoms with Crippen LogP contribution in [-0.2, 0) is 0 Å². The van der Waals surface area contributed by atoms with Crippen molar-refractivity contribution < 1.29 is 14.7 Å². The molecule has 0 radical (unpaired) electrons. The van der Waals surface area contributed by atoms with E-state index in [0.29, 0.717) is 11.3 Å². The molecule has 3 N–H and O–H groups in total. The molecule has 0 bridgehead atoms. The third-order valence-corrected chi connectivity index (χ3v) is 3.13. The molecule has 0 saturated carbocycles. The Labute approximate surface area is 114 Å². The molecule has 6 heteroatoms. The van der Waals surface area contributed by atoms with E-state index >= 15 is 0 Å². The van der Waals surface area contributed by atoms with Gasteiger partial charge in [-0.15, -0.1) is 0 Å². The molecule has 1 unspecified atom stereocenters. The lowest BCUT2D eigenvalue weighted by atomic mass is 10.1. The second kappa shape index (κ2) is 4.65. The first-order valence-electron chi connectivity index (χ1n) is 6.00. The van der Waals surface area contributed by atoms with E-state index < -0.39 is 12.1 Å². The summed E-state index contributed by atoms with van der Waals surface area (Å²) >= 11 is 0. The monoisotopic (exact) mass is 269 g/mol. The summed E-state index contributed by atoms with van der Waals surface area (Å²) in [4.78, 5) is 26.8. The number of anilines is 1. The number of aromatic carboxylic acids is 1. The van der Waals surface area contributed by atoms with E-state index in [0.717, 1.165) is 5.56 Å². The molecule has 1 amide bonds. The fourth-order valence-corrected chi connectivity index (χ4v) is 2.09. The second-order valence-electron chi connectivity index (χ2n) is 4.40. The lowest BCUT2D eigenvalue weighted by Crippen LogP contribution is -2.38. The molecule has 1 aliphatic rings. The molecule has 1 aromatic carbocycles. The predicted molar refractivity (Wildman–Crippen MR) is 71.5 cm³/mol. The molecule has 20 heavy (non-hydrogen) atoms. The molecular formula is C14H11N3O3. The van der Waals surface area contributed by atoms with E-state index in [9.17, 15) is 9.59 Å². The summed E-state index contributed by atoms with van der Waals surface area (Å²) in [7, 11) is 0. The van der Waals surface area contributed by atoms with E-state index in [1.165, 1.54) is 12.1 Å². The molecule has 3 rings (SSSR count). The maximum absolute atomic E-state index is 12.0. The standard InChI is InChI=1S/C14H11N3O3/c18-13-10-5-6-15-7-11(10)16-12(17-13)8-1-3-9(4-2-8)14(19)20/h1-7,12,16H,(H,17,18)(H,19,20). The van der Waals surface area contributed by atoms with Crippen molar-refractivity contribution in [3.05, 3.63) is 59.4 Å². The molecule has 1 aromatic heterocycles. The zero-order valence-corrected chi connectivity index (χ0v) is 10.3. The van der Waals surface area contributed by atoms with Gasteiger partial charge in [0.2, 0.25) is 0 Å². The first-order valence-corrected chi connectivity index (χ1v) is 6.00. The number of amides is 1. The molecule has 0 aliphatic carbocycles. The zero-order valence-electron chi connectivity index (χ0n) is 10.3. The summed E-state index contributed by atoms with van der Waals surface area (Å²) in [6, 6.07) is 7.99. The van der Waals surface area contributed by atoms with Crippen molar-refractivity contribution in [2.24, 2.45) is 0 Å². The first-order chi connectivity index (χ1) is 9.65. The van der Waals surface area contributed by atoms with Crippen LogP contribution in [0.5, 0.6) is 0 Å². The molecule has 2 aromatic rings. The van der Waals surface area contributed by atoms with E-state index in [1.54, 1.807) is 30.6 Å². The number of fused-ring (bicyclic) bond motifs is 1. The van der Waals surface area contributed by atoms with E-state index in [4.69, 9.17) is 5.11 Å². The smallest absolute Gasteiger partial charge is 0.335 e. The van der Waals surface area contributed by atoms with E-state index in [2.05, 4.69) is 15.6 Å². The number of carboxylic acids is 1. The minimum Gasteiger partial charge on any atom is -0.478 e. The molecule has 0 spiro atoms. The number of carbonyl (C=O) groups excluding carboxylic acids is 1. The van der Waals surface area contributed by atoms with Crippen LogP contribution in [0.3, 0.4) is 0 Å². The number of pyridine rings is 1. The summed E-state index contributed by atoms with van der Waals surface area (Å²) in [5.41, 5.74) is 2.18. The van der Waals surface area contributed by atoms with Gasteiger partial charge in [-0.1, -0.05) is 12.1 Å². The number of hydrogen-bond donors (Lipinski definition) is 3. The van der Waals surface area contributed by atoms with Crippen molar-refractivity contribution in [2.45, 2.75) is 6.17 Å². The van der Waals surface area contributed by atoms with Gasteiger partial charge >= 0.3 is 5.97 Å². The van der Waals surface area contributed by atoms with Gasteiger partial charge in [0, 0.05) is 6.20 Å². The van der Waals surface area contributed by atoms with Crippen molar-refractivity contribution >= 4 is 17.6 Å². The lowest BCUT2D eigenvalue weighted by molar-refractivity contribution is 0.0696. The fourth-order valence-electron chi connectivity index (χ4n) is 2.09. The Morgan fingerprint density at radius 1 is 1.15 bits per heavy atom. The van der Waals surface area contributed by atoms with Gasteiger partial charge in [-0.05, 0) is 23.8 Å². The molecule has 0 fully saturated rings. The number of rotatable bonds is 2. The normalized spacial score (nSPS) is 16.8. The number of nitrogens with zero attached hydrogens (tertiary/aromatic N) is 1. The molecule has 1 aliphatic heterocycles. The molecule has 6 nitrogen and oxygen atoms in total. The predicted octanol–water partition coefficient (Wildman–Crippen LogP) is 1.63. The van der Waals surface area contributed by atoms with Gasteiger partial charge < -0.3 is 15.7 Å². The van der Waals surface area contributed by atoms with Crippen molar-refractivity contribution in [1.82, 2.24) is 10.3 Å². The highest BCUT2D eigenvalue weighted by atomic mass is 16.4. The number of aromatic nitrogens is 1. The Morgan fingerprint density at radius 3 is 2.60 bits per heavy atom. The topological polar surface area (TPSA) is 91.3 Å². The second-order valence-corrected chi connectivity index (χ2v) is 4.40. The van der Waals surface area contributed by atoms with Crippen LogP contribution >= 0.6 is 0 Å². The average molecular weight is 269 g/mol. The quantitative estimate of drug-likeness (QED) is 0.770. The van der Waals surface area contributed by atoms with Crippen molar-refractivity contribution in [2.75, 3.05) is 5.32 Å². The van der Waals surface area contributed by atoms with Gasteiger partial charge in [-0.2, -0.15) is 0 Å². The van der Waals surface area contributed by atoms with Gasteiger partial charge in [-0.25, -0.2) is 4.79 Å². The number of nitrogens with one attached hydrogen (secondary N) is 2. The van der Waals surface area contributed by atoms with Crippen LogP contribution in [0.15, 0.2) is 42.7 Å². The van der Waals surface area contributed by atoms with E-state index in [1.807, 2.05) is 0 Å².